The van der Waals surface area contributed by atoms with Crippen LogP contribution in [0.25, 0.3) is 0 Å². The summed E-state index contributed by atoms with van der Waals surface area (Å²) in [5.41, 5.74) is 1.56. The predicted molar refractivity (Wildman–Crippen MR) is 79.6 cm³/mol. The van der Waals surface area contributed by atoms with Crippen molar-refractivity contribution in [1.82, 2.24) is 15.1 Å². The molecule has 0 saturated heterocycles. The number of rotatable bonds is 4. The fourth-order valence-electron chi connectivity index (χ4n) is 2.68. The highest BCUT2D eigenvalue weighted by Crippen LogP contribution is 2.29. The molecule has 1 heterocycles. The maximum atomic E-state index is 12.2. The van der Waals surface area contributed by atoms with Gasteiger partial charge in [0.25, 0.3) is 5.91 Å². The molecule has 0 radical (unpaired) electrons. The van der Waals surface area contributed by atoms with E-state index in [9.17, 15) is 4.79 Å². The van der Waals surface area contributed by atoms with Gasteiger partial charge in [-0.1, -0.05) is 28.8 Å². The number of nitrogens with one attached hydrogen (secondary N) is 1. The zero-order valence-electron chi connectivity index (χ0n) is 11.7. The Morgan fingerprint density at radius 1 is 1.53 bits per heavy atom. The fourth-order valence-corrected chi connectivity index (χ4v) is 3.45. The molecule has 1 N–H and O–H groups in total. The van der Waals surface area contributed by atoms with Crippen LogP contribution in [0.1, 0.15) is 48.8 Å². The second-order valence-electron chi connectivity index (χ2n) is 5.26. The lowest BCUT2D eigenvalue weighted by molar-refractivity contribution is 0.0934. The third-order valence-corrected chi connectivity index (χ3v) is 4.98. The quantitative estimate of drug-likeness (QED) is 0.864. The molecule has 1 aromatic rings. The highest BCUT2D eigenvalue weighted by Gasteiger charge is 2.23. The van der Waals surface area contributed by atoms with Gasteiger partial charge in [0.05, 0.1) is 5.69 Å². The van der Waals surface area contributed by atoms with Crippen molar-refractivity contribution in [3.8, 4) is 0 Å². The zero-order valence-corrected chi connectivity index (χ0v) is 13.2. The molecule has 4 nitrogen and oxygen atoms in total. The average Bonchev–Trinajstić information content (AvgIpc) is 2.79. The molecule has 0 spiro atoms. The van der Waals surface area contributed by atoms with Crippen LogP contribution in [0.2, 0.25) is 0 Å². The number of alkyl halides is 1. The first-order valence-corrected chi connectivity index (χ1v) is 8.00. The van der Waals surface area contributed by atoms with Gasteiger partial charge in [0.1, 0.15) is 5.69 Å². The number of aryl methyl sites for hydroxylation is 2. The van der Waals surface area contributed by atoms with Gasteiger partial charge in [-0.05, 0) is 38.7 Å². The van der Waals surface area contributed by atoms with Gasteiger partial charge in [-0.25, -0.2) is 0 Å². The van der Waals surface area contributed by atoms with E-state index in [1.807, 2.05) is 19.9 Å². The summed E-state index contributed by atoms with van der Waals surface area (Å²) in [5, 5.41) is 7.36. The molecule has 1 amide bonds. The molecule has 19 heavy (non-hydrogen) atoms. The number of nitrogens with zero attached hydrogens (tertiary/aromatic N) is 2. The Morgan fingerprint density at radius 3 is 2.95 bits per heavy atom. The molecule has 2 atom stereocenters. The smallest absolute Gasteiger partial charge is 0.269 e. The van der Waals surface area contributed by atoms with E-state index in [0.717, 1.165) is 18.8 Å². The summed E-state index contributed by atoms with van der Waals surface area (Å²) in [6.45, 7) is 5.39. The van der Waals surface area contributed by atoms with E-state index in [-0.39, 0.29) is 5.91 Å². The van der Waals surface area contributed by atoms with Crippen molar-refractivity contribution in [2.45, 2.75) is 50.9 Å². The minimum absolute atomic E-state index is 0.00674. The normalized spacial score (nSPS) is 23.3. The Bertz CT molecular complexity index is 444. The summed E-state index contributed by atoms with van der Waals surface area (Å²) in [6, 6.07) is 1.85. The Labute approximate surface area is 123 Å². The van der Waals surface area contributed by atoms with Crippen LogP contribution in [-0.2, 0) is 6.54 Å². The van der Waals surface area contributed by atoms with Crippen LogP contribution in [0.5, 0.6) is 0 Å². The minimum Gasteiger partial charge on any atom is -0.350 e. The molecule has 1 aromatic heterocycles. The summed E-state index contributed by atoms with van der Waals surface area (Å²) >= 11 is 3.72. The minimum atomic E-state index is -0.00674. The molecule has 1 aliphatic carbocycles. The molecule has 106 valence electrons. The Morgan fingerprint density at radius 2 is 2.26 bits per heavy atom. The number of halogens is 1. The van der Waals surface area contributed by atoms with E-state index in [4.69, 9.17) is 0 Å². The van der Waals surface area contributed by atoms with Crippen molar-refractivity contribution in [1.29, 1.82) is 0 Å². The molecule has 0 aliphatic heterocycles. The van der Waals surface area contributed by atoms with Crippen molar-refractivity contribution in [2.75, 3.05) is 6.54 Å². The number of aromatic nitrogens is 2. The van der Waals surface area contributed by atoms with Gasteiger partial charge in [0, 0.05) is 17.9 Å². The van der Waals surface area contributed by atoms with E-state index < -0.39 is 0 Å². The summed E-state index contributed by atoms with van der Waals surface area (Å²) in [6.07, 6.45) is 4.98. The number of hydrogen-bond acceptors (Lipinski definition) is 2. The van der Waals surface area contributed by atoms with E-state index in [1.165, 1.54) is 25.7 Å². The lowest BCUT2D eigenvalue weighted by Gasteiger charge is -2.27. The van der Waals surface area contributed by atoms with Crippen LogP contribution in [0.15, 0.2) is 6.07 Å². The molecular weight excluding hydrogens is 306 g/mol. The zero-order chi connectivity index (χ0) is 13.8. The topological polar surface area (TPSA) is 46.9 Å². The maximum Gasteiger partial charge on any atom is 0.269 e. The molecule has 2 rings (SSSR count). The molecule has 5 heteroatoms. The maximum absolute atomic E-state index is 12.2. The van der Waals surface area contributed by atoms with Gasteiger partial charge in [-0.2, -0.15) is 5.10 Å². The number of carbonyl (C=O) groups is 1. The van der Waals surface area contributed by atoms with Gasteiger partial charge in [-0.15, -0.1) is 0 Å². The highest BCUT2D eigenvalue weighted by atomic mass is 79.9. The van der Waals surface area contributed by atoms with E-state index >= 15 is 0 Å². The lowest BCUT2D eigenvalue weighted by Crippen LogP contribution is -2.35. The van der Waals surface area contributed by atoms with Gasteiger partial charge in [0.15, 0.2) is 0 Å². The van der Waals surface area contributed by atoms with Gasteiger partial charge in [-0.3, -0.25) is 9.48 Å². The highest BCUT2D eigenvalue weighted by molar-refractivity contribution is 9.09. The van der Waals surface area contributed by atoms with Crippen LogP contribution >= 0.6 is 15.9 Å². The molecule has 1 saturated carbocycles. The second kappa shape index (κ2) is 6.55. The van der Waals surface area contributed by atoms with E-state index in [2.05, 4.69) is 26.3 Å². The summed E-state index contributed by atoms with van der Waals surface area (Å²) < 4.78 is 1.76. The average molecular weight is 328 g/mol. The van der Waals surface area contributed by atoms with Crippen molar-refractivity contribution >= 4 is 21.8 Å². The van der Waals surface area contributed by atoms with Gasteiger partial charge >= 0.3 is 0 Å². The Hall–Kier alpha value is -0.840. The largest absolute Gasteiger partial charge is 0.350 e. The molecule has 1 fully saturated rings. The van der Waals surface area contributed by atoms with Crippen LogP contribution < -0.4 is 5.32 Å². The number of carbonyl (C=O) groups excluding carboxylic acids is 1. The second-order valence-corrected chi connectivity index (χ2v) is 6.43. The van der Waals surface area contributed by atoms with Crippen molar-refractivity contribution in [2.24, 2.45) is 5.92 Å². The van der Waals surface area contributed by atoms with Crippen molar-refractivity contribution < 1.29 is 4.79 Å². The van der Waals surface area contributed by atoms with Crippen LogP contribution in [0.4, 0.5) is 0 Å². The molecule has 2 unspecified atom stereocenters. The SMILES string of the molecule is CCn1nc(C)cc1C(=O)NCC1CCCCC1Br. The molecule has 0 bridgehead atoms. The first kappa shape index (κ1) is 14.6. The van der Waals surface area contributed by atoms with E-state index in [0.29, 0.717) is 16.4 Å². The summed E-state index contributed by atoms with van der Waals surface area (Å²) in [4.78, 5) is 12.7. The standard InChI is InChI=1S/C14H22BrN3O/c1-3-18-13(8-10(2)17-18)14(19)16-9-11-6-4-5-7-12(11)15/h8,11-12H,3-7,9H2,1-2H3,(H,16,19). The first-order valence-electron chi connectivity index (χ1n) is 7.08. The Kier molecular flexibility index (Phi) is 5.02. The molecule has 0 aromatic carbocycles. The summed E-state index contributed by atoms with van der Waals surface area (Å²) in [7, 11) is 0. The Balaban J connectivity index is 1.93. The molecular formula is C14H22BrN3O. The number of hydrogen-bond donors (Lipinski definition) is 1. The van der Waals surface area contributed by atoms with Gasteiger partial charge in [0.2, 0.25) is 0 Å². The van der Waals surface area contributed by atoms with Crippen molar-refractivity contribution in [3.05, 3.63) is 17.5 Å². The number of amides is 1. The van der Waals surface area contributed by atoms with Crippen molar-refractivity contribution in [3.63, 3.8) is 0 Å². The van der Waals surface area contributed by atoms with Gasteiger partial charge < -0.3 is 5.32 Å². The first-order chi connectivity index (χ1) is 9.11. The van der Waals surface area contributed by atoms with Crippen LogP contribution in [-0.4, -0.2) is 27.1 Å². The lowest BCUT2D eigenvalue weighted by atomic mass is 9.89. The third-order valence-electron chi connectivity index (χ3n) is 3.78. The monoisotopic (exact) mass is 327 g/mol. The van der Waals surface area contributed by atoms with Crippen LogP contribution in [0, 0.1) is 12.8 Å². The molecule has 1 aliphatic rings. The summed E-state index contributed by atoms with van der Waals surface area (Å²) in [5.74, 6) is 0.546. The predicted octanol–water partition coefficient (Wildman–Crippen LogP) is 2.89. The van der Waals surface area contributed by atoms with Crippen LogP contribution in [0.3, 0.4) is 0 Å². The third kappa shape index (κ3) is 3.59. The fraction of sp³-hybridized carbons (Fsp3) is 0.714. The van der Waals surface area contributed by atoms with E-state index in [1.54, 1.807) is 4.68 Å².